The van der Waals surface area contributed by atoms with Crippen LogP contribution in [0.1, 0.15) is 106 Å². The van der Waals surface area contributed by atoms with Crippen LogP contribution < -0.4 is 0 Å². The van der Waals surface area contributed by atoms with Crippen molar-refractivity contribution in [3.05, 3.63) is 47.3 Å². The molecule has 3 saturated carbocycles. The number of fused-ring (bicyclic) bond motifs is 5. The molecule has 4 aliphatic rings. The van der Waals surface area contributed by atoms with Crippen molar-refractivity contribution in [2.24, 2.45) is 45.3 Å². The molecule has 1 aromatic heterocycles. The molecule has 41 heavy (non-hydrogen) atoms. The largest absolute Gasteiger partial charge is 0.390 e. The lowest BCUT2D eigenvalue weighted by molar-refractivity contribution is -0.170. The quantitative estimate of drug-likeness (QED) is 0.289. The van der Waals surface area contributed by atoms with Gasteiger partial charge in [-0.3, -0.25) is 14.6 Å². The highest BCUT2D eigenvalue weighted by Crippen LogP contribution is 2.74. The maximum Gasteiger partial charge on any atom is 0.168 e. The van der Waals surface area contributed by atoms with Crippen LogP contribution >= 0.6 is 0 Å². The highest BCUT2D eigenvalue weighted by Gasteiger charge is 2.70. The lowest BCUT2D eigenvalue weighted by Crippen LogP contribution is -2.63. The summed E-state index contributed by atoms with van der Waals surface area (Å²) in [4.78, 5) is 32.6. The predicted molar refractivity (Wildman–Crippen MR) is 163 cm³/mol. The first-order valence-corrected chi connectivity index (χ1v) is 15.8. The van der Waals surface area contributed by atoms with Gasteiger partial charge in [0.15, 0.2) is 5.78 Å². The number of aliphatic hydroxyl groups is 2. The summed E-state index contributed by atoms with van der Waals surface area (Å²) in [6.07, 6.45) is 12.7. The maximum atomic E-state index is 14.6. The Labute approximate surface area is 246 Å². The van der Waals surface area contributed by atoms with Crippen LogP contribution in [0.5, 0.6) is 0 Å². The number of aromatic nitrogens is 1. The van der Waals surface area contributed by atoms with Crippen molar-refractivity contribution in [3.63, 3.8) is 0 Å². The Bertz CT molecular complexity index is 1270. The van der Waals surface area contributed by atoms with E-state index in [1.165, 1.54) is 0 Å². The van der Waals surface area contributed by atoms with Gasteiger partial charge < -0.3 is 10.2 Å². The molecule has 0 bridgehead atoms. The standard InChI is InChI=1S/C36H51NO4/c1-22(11-14-29(38)33(4,5)41)25-15-16-34(6)28-13-12-26-27(36(28,8)30(39)20-35(25,34)7)19-24(31(40)32(26,2)3)18-23-10-9-17-37-21-23/h9-10,12,17-18,21-22,25,27-29,38,41H,11,13-16,19-20H2,1-8H3/b24-18+/t22-,25-,27-,28+,29-,34+,35-,36+/m1/s1. The third-order valence-electron chi connectivity index (χ3n) is 12.8. The lowest BCUT2D eigenvalue weighted by Gasteiger charge is -2.64. The number of carbonyl (C=O) groups excluding carboxylic acids is 2. The van der Waals surface area contributed by atoms with Gasteiger partial charge in [-0.2, -0.15) is 0 Å². The lowest BCUT2D eigenvalue weighted by atomic mass is 9.38. The van der Waals surface area contributed by atoms with Crippen LogP contribution in [0.4, 0.5) is 0 Å². The van der Waals surface area contributed by atoms with Crippen LogP contribution in [0.2, 0.25) is 0 Å². The average molecular weight is 562 g/mol. The number of aliphatic hydroxyl groups excluding tert-OH is 1. The molecule has 2 N–H and O–H groups in total. The second-order valence-electron chi connectivity index (χ2n) is 15.7. The first kappa shape index (κ1) is 30.4. The zero-order chi connectivity index (χ0) is 30.2. The Morgan fingerprint density at radius 2 is 1.83 bits per heavy atom. The molecule has 4 aliphatic carbocycles. The minimum atomic E-state index is -1.11. The van der Waals surface area contributed by atoms with E-state index in [2.05, 4.69) is 38.8 Å². The van der Waals surface area contributed by atoms with Gasteiger partial charge in [-0.05, 0) is 124 Å². The molecule has 0 radical (unpaired) electrons. The number of carbonyl (C=O) groups is 2. The number of Topliss-reactive ketones (excluding diaryl/α,β-unsaturated/α-hetero) is 2. The smallest absolute Gasteiger partial charge is 0.168 e. The SMILES string of the molecule is C[C@H](CC[C@@H](O)C(C)(C)O)[C@H]1CC[C@@]2(C)[C@@H]3CC=C4[C@@H](C/C(=C\c5cccnc5)C(=O)C4(C)C)[C@]3(C)C(=O)C[C@]12C. The zero-order valence-corrected chi connectivity index (χ0v) is 26.5. The van der Waals surface area contributed by atoms with Crippen molar-refractivity contribution < 1.29 is 19.8 Å². The Morgan fingerprint density at radius 3 is 2.46 bits per heavy atom. The summed E-state index contributed by atoms with van der Waals surface area (Å²) in [7, 11) is 0. The molecule has 0 amide bonds. The summed E-state index contributed by atoms with van der Waals surface area (Å²) in [6.45, 7) is 16.7. The molecule has 0 aromatic carbocycles. The van der Waals surface area contributed by atoms with E-state index < -0.39 is 22.5 Å². The fourth-order valence-electron chi connectivity index (χ4n) is 9.95. The van der Waals surface area contributed by atoms with Crippen molar-refractivity contribution in [3.8, 4) is 0 Å². The fourth-order valence-corrected chi connectivity index (χ4v) is 9.95. The number of pyridine rings is 1. The average Bonchev–Trinajstić information content (AvgIpc) is 3.16. The van der Waals surface area contributed by atoms with Gasteiger partial charge in [-0.1, -0.05) is 45.4 Å². The zero-order valence-electron chi connectivity index (χ0n) is 26.5. The fraction of sp³-hybridized carbons (Fsp3) is 0.694. The van der Waals surface area contributed by atoms with E-state index in [0.717, 1.165) is 42.4 Å². The van der Waals surface area contributed by atoms with Gasteiger partial charge in [0.25, 0.3) is 0 Å². The van der Waals surface area contributed by atoms with Gasteiger partial charge in [-0.15, -0.1) is 0 Å². The van der Waals surface area contributed by atoms with Gasteiger partial charge in [0, 0.05) is 29.6 Å². The van der Waals surface area contributed by atoms with Gasteiger partial charge in [0.1, 0.15) is 5.78 Å². The van der Waals surface area contributed by atoms with Crippen molar-refractivity contribution in [1.29, 1.82) is 0 Å². The van der Waals surface area contributed by atoms with E-state index in [4.69, 9.17) is 0 Å². The number of nitrogens with zero attached hydrogens (tertiary/aromatic N) is 1. The molecule has 0 aliphatic heterocycles. The third kappa shape index (κ3) is 4.52. The molecule has 3 fully saturated rings. The summed E-state index contributed by atoms with van der Waals surface area (Å²) in [5, 5.41) is 20.8. The van der Waals surface area contributed by atoms with E-state index in [1.54, 1.807) is 26.2 Å². The Balaban J connectivity index is 1.49. The summed E-state index contributed by atoms with van der Waals surface area (Å²) in [5.41, 5.74) is 0.517. The van der Waals surface area contributed by atoms with Gasteiger partial charge >= 0.3 is 0 Å². The normalized spacial score (nSPS) is 39.0. The maximum absolute atomic E-state index is 14.6. The number of ketones is 2. The van der Waals surface area contributed by atoms with Crippen LogP contribution in [0.15, 0.2) is 41.7 Å². The molecule has 0 saturated heterocycles. The monoisotopic (exact) mass is 561 g/mol. The molecule has 5 heteroatoms. The van der Waals surface area contributed by atoms with Crippen LogP contribution in [0, 0.1) is 45.3 Å². The molecular weight excluding hydrogens is 510 g/mol. The second-order valence-corrected chi connectivity index (χ2v) is 15.7. The Hall–Kier alpha value is -2.11. The molecule has 5 nitrogen and oxygen atoms in total. The van der Waals surface area contributed by atoms with E-state index in [-0.39, 0.29) is 28.4 Å². The minimum Gasteiger partial charge on any atom is -0.390 e. The number of hydrogen-bond acceptors (Lipinski definition) is 5. The molecule has 8 atom stereocenters. The number of hydrogen-bond donors (Lipinski definition) is 2. The van der Waals surface area contributed by atoms with Crippen LogP contribution in [0.25, 0.3) is 6.08 Å². The predicted octanol–water partition coefficient (Wildman–Crippen LogP) is 6.98. The minimum absolute atomic E-state index is 0.00427. The number of rotatable bonds is 6. The van der Waals surface area contributed by atoms with Crippen LogP contribution in [0.3, 0.4) is 0 Å². The summed E-state index contributed by atoms with van der Waals surface area (Å²) >= 11 is 0. The molecule has 0 spiro atoms. The van der Waals surface area contributed by atoms with Crippen LogP contribution in [-0.4, -0.2) is 38.5 Å². The van der Waals surface area contributed by atoms with Crippen molar-refractivity contribution in [1.82, 2.24) is 4.98 Å². The van der Waals surface area contributed by atoms with Gasteiger partial charge in [-0.25, -0.2) is 0 Å². The highest BCUT2D eigenvalue weighted by atomic mass is 16.3. The first-order chi connectivity index (χ1) is 19.0. The molecular formula is C36H51NO4. The molecule has 1 aromatic rings. The topological polar surface area (TPSA) is 87.5 Å². The Morgan fingerprint density at radius 1 is 1.12 bits per heavy atom. The van der Waals surface area contributed by atoms with Crippen molar-refractivity contribution in [2.75, 3.05) is 0 Å². The van der Waals surface area contributed by atoms with E-state index in [9.17, 15) is 19.8 Å². The molecule has 1 heterocycles. The number of allylic oxidation sites excluding steroid dienone is 3. The summed E-state index contributed by atoms with van der Waals surface area (Å²) in [6, 6.07) is 3.87. The third-order valence-corrected chi connectivity index (χ3v) is 12.8. The van der Waals surface area contributed by atoms with Gasteiger partial charge in [0.05, 0.1) is 11.7 Å². The second kappa shape index (κ2) is 9.98. The van der Waals surface area contributed by atoms with E-state index >= 15 is 0 Å². The molecule has 5 rings (SSSR count). The van der Waals surface area contributed by atoms with Crippen molar-refractivity contribution in [2.45, 2.75) is 112 Å². The molecule has 0 unspecified atom stereocenters. The van der Waals surface area contributed by atoms with Crippen molar-refractivity contribution >= 4 is 17.6 Å². The molecule has 224 valence electrons. The summed E-state index contributed by atoms with van der Waals surface area (Å²) < 4.78 is 0. The van der Waals surface area contributed by atoms with Crippen LogP contribution in [-0.2, 0) is 9.59 Å². The van der Waals surface area contributed by atoms with Gasteiger partial charge in [0.2, 0.25) is 0 Å². The van der Waals surface area contributed by atoms with E-state index in [0.29, 0.717) is 36.9 Å². The Kier molecular flexibility index (Phi) is 7.39. The summed E-state index contributed by atoms with van der Waals surface area (Å²) in [5.74, 6) is 1.51. The first-order valence-electron chi connectivity index (χ1n) is 15.8. The highest BCUT2D eigenvalue weighted by molar-refractivity contribution is 6.06. The van der Waals surface area contributed by atoms with E-state index in [1.807, 2.05) is 32.1 Å².